The summed E-state index contributed by atoms with van der Waals surface area (Å²) in [7, 11) is 0. The monoisotopic (exact) mass is 261 g/mol. The predicted octanol–water partition coefficient (Wildman–Crippen LogP) is 3.97. The zero-order chi connectivity index (χ0) is 13.7. The van der Waals surface area contributed by atoms with Crippen LogP contribution < -0.4 is 10.1 Å². The Hall–Kier alpha value is -1.02. The highest BCUT2D eigenvalue weighted by atomic mass is 16.5. The lowest BCUT2D eigenvalue weighted by molar-refractivity contribution is 0.157. The van der Waals surface area contributed by atoms with Crippen LogP contribution in [0.3, 0.4) is 0 Å². The van der Waals surface area contributed by atoms with E-state index in [1.54, 1.807) is 0 Å². The van der Waals surface area contributed by atoms with E-state index < -0.39 is 0 Å². The molecule has 2 heteroatoms. The van der Waals surface area contributed by atoms with E-state index in [1.807, 2.05) is 0 Å². The van der Waals surface area contributed by atoms with Gasteiger partial charge in [-0.15, -0.1) is 0 Å². The van der Waals surface area contributed by atoms with Crippen LogP contribution in [0.2, 0.25) is 0 Å². The minimum atomic E-state index is 0.669. The molecule has 1 aliphatic rings. The van der Waals surface area contributed by atoms with Crippen molar-refractivity contribution >= 4 is 0 Å². The Labute approximate surface area is 117 Å². The van der Waals surface area contributed by atoms with Gasteiger partial charge >= 0.3 is 0 Å². The van der Waals surface area contributed by atoms with Gasteiger partial charge in [0.2, 0.25) is 0 Å². The SMILES string of the molecule is CCCNC1CC(c2ccccc2OCC)C1CC. The molecule has 1 saturated carbocycles. The Kier molecular flexibility index (Phi) is 5.26. The lowest BCUT2D eigenvalue weighted by Gasteiger charge is -2.46. The predicted molar refractivity (Wildman–Crippen MR) is 80.8 cm³/mol. The van der Waals surface area contributed by atoms with Gasteiger partial charge in [0.05, 0.1) is 6.61 Å². The molecule has 106 valence electrons. The molecule has 0 saturated heterocycles. The van der Waals surface area contributed by atoms with E-state index in [0.29, 0.717) is 12.0 Å². The van der Waals surface area contributed by atoms with Crippen molar-refractivity contribution < 1.29 is 4.74 Å². The van der Waals surface area contributed by atoms with Crippen molar-refractivity contribution in [2.45, 2.75) is 52.0 Å². The van der Waals surface area contributed by atoms with Crippen molar-refractivity contribution in [1.82, 2.24) is 5.32 Å². The van der Waals surface area contributed by atoms with Gasteiger partial charge in [0.15, 0.2) is 0 Å². The van der Waals surface area contributed by atoms with Crippen LogP contribution >= 0.6 is 0 Å². The third-order valence-electron chi connectivity index (χ3n) is 4.29. The Morgan fingerprint density at radius 2 is 2.00 bits per heavy atom. The Morgan fingerprint density at radius 1 is 1.21 bits per heavy atom. The first-order chi connectivity index (χ1) is 9.31. The number of para-hydroxylation sites is 1. The molecule has 1 aliphatic carbocycles. The van der Waals surface area contributed by atoms with Crippen molar-refractivity contribution in [3.63, 3.8) is 0 Å². The van der Waals surface area contributed by atoms with Crippen molar-refractivity contribution in [2.75, 3.05) is 13.2 Å². The molecule has 0 aromatic heterocycles. The normalized spacial score (nSPS) is 25.9. The second kappa shape index (κ2) is 6.95. The molecule has 3 unspecified atom stereocenters. The molecule has 0 spiro atoms. The molecule has 1 aromatic carbocycles. The number of ether oxygens (including phenoxy) is 1. The molecule has 2 nitrogen and oxygen atoms in total. The fraction of sp³-hybridized carbons (Fsp3) is 0.647. The summed E-state index contributed by atoms with van der Waals surface area (Å²) in [6, 6.07) is 9.26. The van der Waals surface area contributed by atoms with Gasteiger partial charge in [-0.25, -0.2) is 0 Å². The zero-order valence-corrected chi connectivity index (χ0v) is 12.5. The highest BCUT2D eigenvalue weighted by molar-refractivity contribution is 5.38. The minimum Gasteiger partial charge on any atom is -0.494 e. The first-order valence-corrected chi connectivity index (χ1v) is 7.76. The van der Waals surface area contributed by atoms with E-state index in [1.165, 1.54) is 24.8 Å². The second-order valence-corrected chi connectivity index (χ2v) is 5.45. The number of benzene rings is 1. The summed E-state index contributed by atoms with van der Waals surface area (Å²) in [5, 5.41) is 3.68. The van der Waals surface area contributed by atoms with Crippen LogP contribution in [0.1, 0.15) is 51.5 Å². The highest BCUT2D eigenvalue weighted by Crippen LogP contribution is 2.47. The van der Waals surface area contributed by atoms with E-state index in [4.69, 9.17) is 4.74 Å². The van der Waals surface area contributed by atoms with Gasteiger partial charge in [0.1, 0.15) is 5.75 Å². The van der Waals surface area contributed by atoms with Crippen LogP contribution in [0.25, 0.3) is 0 Å². The number of hydrogen-bond donors (Lipinski definition) is 1. The fourth-order valence-corrected chi connectivity index (χ4v) is 3.27. The first kappa shape index (κ1) is 14.4. The summed E-state index contributed by atoms with van der Waals surface area (Å²) in [5.41, 5.74) is 1.41. The third-order valence-corrected chi connectivity index (χ3v) is 4.29. The molecule has 0 radical (unpaired) electrons. The van der Waals surface area contributed by atoms with Crippen LogP contribution in [0.5, 0.6) is 5.75 Å². The maximum Gasteiger partial charge on any atom is 0.122 e. The van der Waals surface area contributed by atoms with Gasteiger partial charge in [-0.2, -0.15) is 0 Å². The number of nitrogens with one attached hydrogen (secondary N) is 1. The van der Waals surface area contributed by atoms with Crippen molar-refractivity contribution in [2.24, 2.45) is 5.92 Å². The minimum absolute atomic E-state index is 0.669. The van der Waals surface area contributed by atoms with Crippen LogP contribution in [0.4, 0.5) is 0 Å². The summed E-state index contributed by atoms with van der Waals surface area (Å²) >= 11 is 0. The molecule has 1 fully saturated rings. The van der Waals surface area contributed by atoms with Gasteiger partial charge in [0, 0.05) is 6.04 Å². The largest absolute Gasteiger partial charge is 0.494 e. The summed E-state index contributed by atoms with van der Waals surface area (Å²) < 4.78 is 5.78. The number of rotatable bonds is 7. The van der Waals surface area contributed by atoms with E-state index in [-0.39, 0.29) is 0 Å². The Morgan fingerprint density at radius 3 is 2.68 bits per heavy atom. The lowest BCUT2D eigenvalue weighted by atomic mass is 9.64. The smallest absolute Gasteiger partial charge is 0.122 e. The Balaban J connectivity index is 2.06. The topological polar surface area (TPSA) is 21.3 Å². The van der Waals surface area contributed by atoms with E-state index in [2.05, 4.69) is 50.4 Å². The lowest BCUT2D eigenvalue weighted by Crippen LogP contribution is -2.49. The van der Waals surface area contributed by atoms with E-state index in [0.717, 1.165) is 24.8 Å². The molecule has 1 N–H and O–H groups in total. The average Bonchev–Trinajstić information content (AvgIpc) is 2.40. The molecule has 3 atom stereocenters. The molecule has 0 amide bonds. The van der Waals surface area contributed by atoms with Crippen LogP contribution in [0.15, 0.2) is 24.3 Å². The third kappa shape index (κ3) is 3.11. The second-order valence-electron chi connectivity index (χ2n) is 5.45. The van der Waals surface area contributed by atoms with Gasteiger partial charge in [-0.05, 0) is 49.8 Å². The fourth-order valence-electron chi connectivity index (χ4n) is 3.27. The van der Waals surface area contributed by atoms with Crippen molar-refractivity contribution in [3.05, 3.63) is 29.8 Å². The van der Waals surface area contributed by atoms with Gasteiger partial charge in [-0.3, -0.25) is 0 Å². The molecule has 0 heterocycles. The zero-order valence-electron chi connectivity index (χ0n) is 12.5. The van der Waals surface area contributed by atoms with E-state index in [9.17, 15) is 0 Å². The first-order valence-electron chi connectivity index (χ1n) is 7.76. The maximum atomic E-state index is 5.78. The molecule has 19 heavy (non-hydrogen) atoms. The standard InChI is InChI=1S/C17H27NO/c1-4-11-18-16-12-15(13(16)5-2)14-9-7-8-10-17(14)19-6-3/h7-10,13,15-16,18H,4-6,11-12H2,1-3H3. The van der Waals surface area contributed by atoms with Crippen LogP contribution in [-0.4, -0.2) is 19.2 Å². The van der Waals surface area contributed by atoms with E-state index >= 15 is 0 Å². The molecule has 0 aliphatic heterocycles. The van der Waals surface area contributed by atoms with Crippen LogP contribution in [0, 0.1) is 5.92 Å². The molecule has 2 rings (SSSR count). The molecular formula is C17H27NO. The highest BCUT2D eigenvalue weighted by Gasteiger charge is 2.41. The van der Waals surface area contributed by atoms with Crippen LogP contribution in [-0.2, 0) is 0 Å². The molecule has 1 aromatic rings. The molecule has 0 bridgehead atoms. The van der Waals surface area contributed by atoms with Gasteiger partial charge < -0.3 is 10.1 Å². The van der Waals surface area contributed by atoms with Crippen molar-refractivity contribution in [1.29, 1.82) is 0 Å². The summed E-state index contributed by atoms with van der Waals surface area (Å²) in [6.45, 7) is 8.48. The molecular weight excluding hydrogens is 234 g/mol. The Bertz CT molecular complexity index is 391. The maximum absolute atomic E-state index is 5.78. The average molecular weight is 261 g/mol. The summed E-state index contributed by atoms with van der Waals surface area (Å²) in [5.74, 6) is 2.51. The summed E-state index contributed by atoms with van der Waals surface area (Å²) in [4.78, 5) is 0. The van der Waals surface area contributed by atoms with Gasteiger partial charge in [0.25, 0.3) is 0 Å². The number of hydrogen-bond acceptors (Lipinski definition) is 2. The quantitative estimate of drug-likeness (QED) is 0.802. The summed E-state index contributed by atoms with van der Waals surface area (Å²) in [6.07, 6.45) is 3.71. The van der Waals surface area contributed by atoms with Gasteiger partial charge in [-0.1, -0.05) is 38.5 Å². The van der Waals surface area contributed by atoms with Crippen molar-refractivity contribution in [3.8, 4) is 5.75 Å².